The third kappa shape index (κ3) is 5.97. The van der Waals surface area contributed by atoms with E-state index in [1.54, 1.807) is 0 Å². The van der Waals surface area contributed by atoms with Crippen LogP contribution in [0.5, 0.6) is 5.75 Å². The van der Waals surface area contributed by atoms with Gasteiger partial charge in [-0.05, 0) is 68.3 Å². The Hall–Kier alpha value is -2.04. The normalized spacial score (nSPS) is 18.0. The van der Waals surface area contributed by atoms with Crippen LogP contribution in [0, 0.1) is 5.92 Å². The molecule has 2 aromatic carbocycles. The zero-order valence-corrected chi connectivity index (χ0v) is 17.9. The molecule has 156 valence electrons. The number of hydrogen-bond donors (Lipinski definition) is 1. The highest BCUT2D eigenvalue weighted by Gasteiger charge is 2.28. The average molecular weight is 415 g/mol. The number of nitrogens with zero attached hydrogens (tertiary/aromatic N) is 1. The van der Waals surface area contributed by atoms with E-state index >= 15 is 0 Å². The van der Waals surface area contributed by atoms with Crippen LogP contribution >= 0.6 is 12.4 Å². The molecule has 2 aromatic rings. The van der Waals surface area contributed by atoms with Gasteiger partial charge in [0.1, 0.15) is 5.75 Å². The summed E-state index contributed by atoms with van der Waals surface area (Å²) in [5.74, 6) is 1.73. The fraction of sp³-hybridized carbons (Fsp3) is 0.458. The van der Waals surface area contributed by atoms with Crippen LogP contribution in [-0.2, 0) is 4.79 Å². The zero-order chi connectivity index (χ0) is 19.3. The number of nitrogens with one attached hydrogen (secondary N) is 1. The maximum atomic E-state index is 12.8. The molecule has 1 amide bonds. The van der Waals surface area contributed by atoms with Gasteiger partial charge in [-0.1, -0.05) is 42.5 Å². The van der Waals surface area contributed by atoms with Crippen LogP contribution in [0.25, 0.3) is 11.1 Å². The van der Waals surface area contributed by atoms with Crippen LogP contribution in [0.2, 0.25) is 0 Å². The highest BCUT2D eigenvalue weighted by molar-refractivity contribution is 5.85. The van der Waals surface area contributed by atoms with Crippen LogP contribution in [0.1, 0.15) is 32.6 Å². The third-order valence-corrected chi connectivity index (χ3v) is 5.82. The number of halogens is 1. The lowest BCUT2D eigenvalue weighted by atomic mass is 10.0. The van der Waals surface area contributed by atoms with Crippen molar-refractivity contribution in [1.29, 1.82) is 0 Å². The van der Waals surface area contributed by atoms with E-state index in [1.807, 2.05) is 54.3 Å². The molecule has 2 fully saturated rings. The van der Waals surface area contributed by atoms with Gasteiger partial charge in [0, 0.05) is 19.1 Å². The van der Waals surface area contributed by atoms with E-state index in [9.17, 15) is 4.79 Å². The quantitative estimate of drug-likeness (QED) is 0.723. The second kappa shape index (κ2) is 10.1. The van der Waals surface area contributed by atoms with Crippen molar-refractivity contribution >= 4 is 18.3 Å². The first-order valence-corrected chi connectivity index (χ1v) is 10.5. The second-order valence-corrected chi connectivity index (χ2v) is 8.10. The molecule has 0 spiro atoms. The number of carbonyl (C=O) groups excluding carboxylic acids is 1. The van der Waals surface area contributed by atoms with Crippen molar-refractivity contribution in [3.05, 3.63) is 54.6 Å². The Bertz CT molecular complexity index is 769. The molecule has 1 saturated heterocycles. The van der Waals surface area contributed by atoms with Crippen molar-refractivity contribution in [2.24, 2.45) is 5.92 Å². The van der Waals surface area contributed by atoms with E-state index in [0.29, 0.717) is 6.04 Å². The van der Waals surface area contributed by atoms with Gasteiger partial charge in [0.05, 0.1) is 0 Å². The Labute approximate surface area is 180 Å². The summed E-state index contributed by atoms with van der Waals surface area (Å²) in [7, 11) is 0. The average Bonchev–Trinajstić information content (AvgIpc) is 3.58. The Kier molecular flexibility index (Phi) is 7.57. The molecule has 0 aromatic heterocycles. The minimum atomic E-state index is -0.460. The van der Waals surface area contributed by atoms with Crippen molar-refractivity contribution in [2.45, 2.75) is 44.8 Å². The molecule has 0 bridgehead atoms. The van der Waals surface area contributed by atoms with Gasteiger partial charge >= 0.3 is 0 Å². The van der Waals surface area contributed by atoms with Crippen LogP contribution < -0.4 is 10.1 Å². The van der Waals surface area contributed by atoms with E-state index in [-0.39, 0.29) is 18.3 Å². The maximum absolute atomic E-state index is 12.8. The summed E-state index contributed by atoms with van der Waals surface area (Å²) in [5.41, 5.74) is 2.32. The largest absolute Gasteiger partial charge is 0.481 e. The summed E-state index contributed by atoms with van der Waals surface area (Å²) < 4.78 is 5.93. The standard InChI is InChI=1S/C24H30N2O2.ClH/c1-18(24(27)26-15-13-22(14-16-26)25-17-19-7-8-19)28-23-11-9-21(10-12-23)20-5-3-2-4-6-20;/h2-6,9-12,18-19,22,25H,7-8,13-17H2,1H3;1H. The smallest absolute Gasteiger partial charge is 0.263 e. The van der Waals surface area contributed by atoms with Gasteiger partial charge in [-0.3, -0.25) is 4.79 Å². The topological polar surface area (TPSA) is 41.6 Å². The maximum Gasteiger partial charge on any atom is 0.263 e. The lowest BCUT2D eigenvalue weighted by molar-refractivity contribution is -0.139. The number of benzene rings is 2. The molecule has 1 unspecified atom stereocenters. The van der Waals surface area contributed by atoms with Crippen molar-refractivity contribution < 1.29 is 9.53 Å². The van der Waals surface area contributed by atoms with E-state index < -0.39 is 6.10 Å². The van der Waals surface area contributed by atoms with Gasteiger partial charge in [0.25, 0.3) is 5.91 Å². The van der Waals surface area contributed by atoms with Crippen molar-refractivity contribution in [2.75, 3.05) is 19.6 Å². The highest BCUT2D eigenvalue weighted by Crippen LogP contribution is 2.28. The third-order valence-electron chi connectivity index (χ3n) is 5.82. The van der Waals surface area contributed by atoms with E-state index in [4.69, 9.17) is 4.74 Å². The Balaban J connectivity index is 0.00000240. The first kappa shape index (κ1) is 21.7. The van der Waals surface area contributed by atoms with Gasteiger partial charge in [-0.2, -0.15) is 0 Å². The first-order valence-electron chi connectivity index (χ1n) is 10.5. The number of hydrogen-bond acceptors (Lipinski definition) is 3. The molecule has 1 saturated carbocycles. The predicted molar refractivity (Wildman–Crippen MR) is 120 cm³/mol. The molecule has 1 aliphatic carbocycles. The SMILES string of the molecule is CC(Oc1ccc(-c2ccccc2)cc1)C(=O)N1CCC(NCC2CC2)CC1.Cl. The summed E-state index contributed by atoms with van der Waals surface area (Å²) in [6.07, 6.45) is 4.38. The molecule has 1 N–H and O–H groups in total. The number of amides is 1. The number of ether oxygens (including phenoxy) is 1. The summed E-state index contributed by atoms with van der Waals surface area (Å²) >= 11 is 0. The molecule has 0 radical (unpaired) electrons. The molecule has 1 heterocycles. The van der Waals surface area contributed by atoms with Crippen LogP contribution in [0.3, 0.4) is 0 Å². The van der Waals surface area contributed by atoms with Crippen LogP contribution in [0.4, 0.5) is 0 Å². The van der Waals surface area contributed by atoms with Crippen LogP contribution in [-0.4, -0.2) is 42.6 Å². The number of rotatable bonds is 7. The predicted octanol–water partition coefficient (Wildman–Crippen LogP) is 4.53. The number of carbonyl (C=O) groups is 1. The van der Waals surface area contributed by atoms with Crippen LogP contribution in [0.15, 0.2) is 54.6 Å². The minimum Gasteiger partial charge on any atom is -0.481 e. The fourth-order valence-corrected chi connectivity index (χ4v) is 3.83. The molecule has 4 nitrogen and oxygen atoms in total. The molecule has 4 rings (SSSR count). The number of piperidine rings is 1. The van der Waals surface area contributed by atoms with E-state index in [2.05, 4.69) is 17.4 Å². The minimum absolute atomic E-state index is 0. The Morgan fingerprint density at radius 2 is 1.62 bits per heavy atom. The van der Waals surface area contributed by atoms with E-state index in [1.165, 1.54) is 18.4 Å². The summed E-state index contributed by atoms with van der Waals surface area (Å²) in [4.78, 5) is 14.7. The number of likely N-dealkylation sites (tertiary alicyclic amines) is 1. The summed E-state index contributed by atoms with van der Waals surface area (Å²) in [6, 6.07) is 18.8. The molecule has 1 atom stereocenters. The van der Waals surface area contributed by atoms with Gasteiger partial charge < -0.3 is 15.0 Å². The molecular weight excluding hydrogens is 384 g/mol. The fourth-order valence-electron chi connectivity index (χ4n) is 3.83. The molecule has 1 aliphatic heterocycles. The summed E-state index contributed by atoms with van der Waals surface area (Å²) in [6.45, 7) is 4.64. The van der Waals surface area contributed by atoms with E-state index in [0.717, 1.165) is 49.7 Å². The van der Waals surface area contributed by atoms with Gasteiger partial charge in [0.2, 0.25) is 0 Å². The monoisotopic (exact) mass is 414 g/mol. The Morgan fingerprint density at radius 3 is 2.24 bits per heavy atom. The van der Waals surface area contributed by atoms with Gasteiger partial charge in [0.15, 0.2) is 6.10 Å². The van der Waals surface area contributed by atoms with Crippen molar-refractivity contribution in [3.8, 4) is 16.9 Å². The van der Waals surface area contributed by atoms with Gasteiger partial charge in [-0.15, -0.1) is 12.4 Å². The van der Waals surface area contributed by atoms with Crippen molar-refractivity contribution in [3.63, 3.8) is 0 Å². The Morgan fingerprint density at radius 1 is 1.00 bits per heavy atom. The molecular formula is C24H31ClN2O2. The highest BCUT2D eigenvalue weighted by atomic mass is 35.5. The first-order chi connectivity index (χ1) is 13.7. The van der Waals surface area contributed by atoms with Gasteiger partial charge in [-0.25, -0.2) is 0 Å². The lowest BCUT2D eigenvalue weighted by Crippen LogP contribution is -2.48. The summed E-state index contributed by atoms with van der Waals surface area (Å²) in [5, 5.41) is 3.66. The zero-order valence-electron chi connectivity index (χ0n) is 17.0. The second-order valence-electron chi connectivity index (χ2n) is 8.10. The van der Waals surface area contributed by atoms with Crippen molar-refractivity contribution in [1.82, 2.24) is 10.2 Å². The molecule has 29 heavy (non-hydrogen) atoms. The molecule has 5 heteroatoms. The molecule has 2 aliphatic rings. The lowest BCUT2D eigenvalue weighted by Gasteiger charge is -2.34.